The van der Waals surface area contributed by atoms with Crippen molar-refractivity contribution in [3.8, 4) is 0 Å². The molecule has 0 radical (unpaired) electrons. The number of amides is 1. The van der Waals surface area contributed by atoms with Crippen LogP contribution in [0.5, 0.6) is 0 Å². The van der Waals surface area contributed by atoms with E-state index in [-0.39, 0.29) is 5.91 Å². The second-order valence-corrected chi connectivity index (χ2v) is 5.86. The highest BCUT2D eigenvalue weighted by Gasteiger charge is 2.09. The second-order valence-electron chi connectivity index (χ2n) is 5.45. The molecule has 0 atom stereocenters. The number of nitrogens with zero attached hydrogens (tertiary/aromatic N) is 2. The first kappa shape index (κ1) is 17.3. The maximum atomic E-state index is 12.2. The standard InChI is InChI=1S/C18H22ClN3O/c1-3-4-11-22(2)15-9-10-17(20-13-15)18(23)21-12-14-7-5-6-8-16(14)19/h5-10,13H,3-4,11-12H2,1-2H3,(H,21,23). The smallest absolute Gasteiger partial charge is 0.270 e. The number of nitrogens with one attached hydrogen (secondary N) is 1. The third kappa shape index (κ3) is 4.96. The van der Waals surface area contributed by atoms with Crippen LogP contribution in [0.1, 0.15) is 35.8 Å². The highest BCUT2D eigenvalue weighted by Crippen LogP contribution is 2.15. The van der Waals surface area contributed by atoms with E-state index < -0.39 is 0 Å². The Morgan fingerprint density at radius 2 is 2.04 bits per heavy atom. The lowest BCUT2D eigenvalue weighted by Crippen LogP contribution is -2.24. The van der Waals surface area contributed by atoms with Crippen molar-refractivity contribution in [1.82, 2.24) is 10.3 Å². The summed E-state index contributed by atoms with van der Waals surface area (Å²) >= 11 is 6.08. The number of aromatic nitrogens is 1. The van der Waals surface area contributed by atoms with Gasteiger partial charge in [0.2, 0.25) is 0 Å². The zero-order valence-electron chi connectivity index (χ0n) is 13.6. The predicted octanol–water partition coefficient (Wildman–Crippen LogP) is 3.90. The van der Waals surface area contributed by atoms with Crippen LogP contribution in [0.15, 0.2) is 42.6 Å². The van der Waals surface area contributed by atoms with Crippen molar-refractivity contribution in [1.29, 1.82) is 0 Å². The fourth-order valence-corrected chi connectivity index (χ4v) is 2.38. The van der Waals surface area contributed by atoms with Crippen LogP contribution in [0.3, 0.4) is 0 Å². The summed E-state index contributed by atoms with van der Waals surface area (Å²) in [6.07, 6.45) is 4.02. The molecule has 2 rings (SSSR count). The molecule has 0 unspecified atom stereocenters. The van der Waals surface area contributed by atoms with Gasteiger partial charge in [-0.15, -0.1) is 0 Å². The Bertz CT molecular complexity index is 643. The molecule has 5 heteroatoms. The van der Waals surface area contributed by atoms with Crippen LogP contribution in [0.4, 0.5) is 5.69 Å². The summed E-state index contributed by atoms with van der Waals surface area (Å²) in [5.74, 6) is -0.201. The molecule has 23 heavy (non-hydrogen) atoms. The van der Waals surface area contributed by atoms with E-state index in [0.717, 1.165) is 30.6 Å². The Kier molecular flexibility index (Phi) is 6.41. The minimum atomic E-state index is -0.201. The van der Waals surface area contributed by atoms with Gasteiger partial charge >= 0.3 is 0 Å². The first-order valence-electron chi connectivity index (χ1n) is 7.80. The Morgan fingerprint density at radius 3 is 2.70 bits per heavy atom. The average Bonchev–Trinajstić information content (AvgIpc) is 2.59. The number of rotatable bonds is 7. The molecule has 0 fully saturated rings. The molecule has 0 spiro atoms. The highest BCUT2D eigenvalue weighted by molar-refractivity contribution is 6.31. The Balaban J connectivity index is 1.94. The quantitative estimate of drug-likeness (QED) is 0.836. The van der Waals surface area contributed by atoms with Crippen molar-refractivity contribution in [2.45, 2.75) is 26.3 Å². The normalized spacial score (nSPS) is 10.4. The van der Waals surface area contributed by atoms with Gasteiger partial charge in [0.05, 0.1) is 11.9 Å². The largest absolute Gasteiger partial charge is 0.373 e. The molecule has 0 aliphatic heterocycles. The lowest BCUT2D eigenvalue weighted by molar-refractivity contribution is 0.0946. The first-order valence-corrected chi connectivity index (χ1v) is 8.18. The maximum absolute atomic E-state index is 12.2. The van der Waals surface area contributed by atoms with E-state index in [1.807, 2.05) is 37.4 Å². The second kappa shape index (κ2) is 8.53. The minimum Gasteiger partial charge on any atom is -0.373 e. The molecule has 1 aromatic heterocycles. The third-order valence-corrected chi connectivity index (χ3v) is 4.03. The van der Waals surface area contributed by atoms with E-state index in [9.17, 15) is 4.79 Å². The third-order valence-electron chi connectivity index (χ3n) is 3.67. The van der Waals surface area contributed by atoms with Gasteiger partial charge < -0.3 is 10.2 Å². The van der Waals surface area contributed by atoms with Crippen molar-refractivity contribution in [2.75, 3.05) is 18.5 Å². The van der Waals surface area contributed by atoms with Crippen LogP contribution in [-0.2, 0) is 6.54 Å². The first-order chi connectivity index (χ1) is 11.1. The number of carbonyl (C=O) groups is 1. The van der Waals surface area contributed by atoms with Gasteiger partial charge in [0.15, 0.2) is 0 Å². The molecule has 0 saturated carbocycles. The van der Waals surface area contributed by atoms with Gasteiger partial charge in [-0.3, -0.25) is 4.79 Å². The van der Waals surface area contributed by atoms with E-state index in [4.69, 9.17) is 11.6 Å². The monoisotopic (exact) mass is 331 g/mol. The summed E-state index contributed by atoms with van der Waals surface area (Å²) in [4.78, 5) is 18.5. The number of unbranched alkanes of at least 4 members (excludes halogenated alkanes) is 1. The number of benzene rings is 1. The van der Waals surface area contributed by atoms with E-state index in [1.165, 1.54) is 0 Å². The van der Waals surface area contributed by atoms with Gasteiger partial charge in [-0.2, -0.15) is 0 Å². The molecule has 0 bridgehead atoms. The average molecular weight is 332 g/mol. The Labute approximate surface area is 142 Å². The molecule has 2 aromatic rings. The number of halogens is 1. The molecule has 1 heterocycles. The summed E-state index contributed by atoms with van der Waals surface area (Å²) in [6, 6.07) is 11.1. The molecule has 1 N–H and O–H groups in total. The maximum Gasteiger partial charge on any atom is 0.270 e. The van der Waals surface area contributed by atoms with Gasteiger partial charge in [-0.25, -0.2) is 4.98 Å². The minimum absolute atomic E-state index is 0.201. The molecule has 0 saturated heterocycles. The van der Waals surface area contributed by atoms with Gasteiger partial charge in [-0.1, -0.05) is 43.1 Å². The summed E-state index contributed by atoms with van der Waals surface area (Å²) < 4.78 is 0. The lowest BCUT2D eigenvalue weighted by Gasteiger charge is -2.18. The number of anilines is 1. The van der Waals surface area contributed by atoms with Crippen molar-refractivity contribution in [3.05, 3.63) is 58.9 Å². The van der Waals surface area contributed by atoms with Crippen LogP contribution in [0, 0.1) is 0 Å². The summed E-state index contributed by atoms with van der Waals surface area (Å²) in [6.45, 7) is 3.53. The number of hydrogen-bond donors (Lipinski definition) is 1. The molecule has 1 aromatic carbocycles. The zero-order valence-corrected chi connectivity index (χ0v) is 14.3. The predicted molar refractivity (Wildman–Crippen MR) is 95.0 cm³/mol. The molecule has 122 valence electrons. The molecule has 4 nitrogen and oxygen atoms in total. The Morgan fingerprint density at radius 1 is 1.26 bits per heavy atom. The van der Waals surface area contributed by atoms with Crippen molar-refractivity contribution in [2.24, 2.45) is 0 Å². The van der Waals surface area contributed by atoms with E-state index in [2.05, 4.69) is 22.1 Å². The topological polar surface area (TPSA) is 45.2 Å². The molecule has 0 aliphatic rings. The van der Waals surface area contributed by atoms with Crippen molar-refractivity contribution < 1.29 is 4.79 Å². The van der Waals surface area contributed by atoms with Crippen LogP contribution in [0.2, 0.25) is 5.02 Å². The molecule has 1 amide bonds. The molecule has 0 aliphatic carbocycles. The number of pyridine rings is 1. The van der Waals surface area contributed by atoms with Crippen LogP contribution in [0.25, 0.3) is 0 Å². The van der Waals surface area contributed by atoms with E-state index >= 15 is 0 Å². The van der Waals surface area contributed by atoms with Crippen LogP contribution < -0.4 is 10.2 Å². The zero-order chi connectivity index (χ0) is 16.7. The van der Waals surface area contributed by atoms with E-state index in [1.54, 1.807) is 12.3 Å². The summed E-state index contributed by atoms with van der Waals surface area (Å²) in [7, 11) is 2.03. The number of hydrogen-bond acceptors (Lipinski definition) is 3. The fraction of sp³-hybridized carbons (Fsp3) is 0.333. The van der Waals surface area contributed by atoms with Crippen molar-refractivity contribution in [3.63, 3.8) is 0 Å². The number of carbonyl (C=O) groups excluding carboxylic acids is 1. The lowest BCUT2D eigenvalue weighted by atomic mass is 10.2. The van der Waals surface area contributed by atoms with Gasteiger partial charge in [0.1, 0.15) is 5.69 Å². The van der Waals surface area contributed by atoms with E-state index in [0.29, 0.717) is 17.3 Å². The SMILES string of the molecule is CCCCN(C)c1ccc(C(=O)NCc2ccccc2Cl)nc1. The molecular formula is C18H22ClN3O. The fourth-order valence-electron chi connectivity index (χ4n) is 2.18. The van der Waals surface area contributed by atoms with Crippen LogP contribution >= 0.6 is 11.6 Å². The van der Waals surface area contributed by atoms with Gasteiger partial charge in [0.25, 0.3) is 5.91 Å². The van der Waals surface area contributed by atoms with Gasteiger partial charge in [-0.05, 0) is 30.2 Å². The molecular weight excluding hydrogens is 310 g/mol. The van der Waals surface area contributed by atoms with Crippen LogP contribution in [-0.4, -0.2) is 24.5 Å². The summed E-state index contributed by atoms with van der Waals surface area (Å²) in [5, 5.41) is 3.49. The Hall–Kier alpha value is -2.07. The highest BCUT2D eigenvalue weighted by atomic mass is 35.5. The van der Waals surface area contributed by atoms with Gasteiger partial charge in [0, 0.05) is 25.2 Å². The summed E-state index contributed by atoms with van der Waals surface area (Å²) in [5.41, 5.74) is 2.31. The van der Waals surface area contributed by atoms with Crippen molar-refractivity contribution >= 4 is 23.2 Å².